The van der Waals surface area contributed by atoms with Crippen molar-refractivity contribution in [2.75, 3.05) is 0 Å². The van der Waals surface area contributed by atoms with Gasteiger partial charge in [0.15, 0.2) is 0 Å². The van der Waals surface area contributed by atoms with Gasteiger partial charge in [0.1, 0.15) is 5.82 Å². The average molecular weight is 355 g/mol. The van der Waals surface area contributed by atoms with Crippen molar-refractivity contribution in [3.05, 3.63) is 96.4 Å². The van der Waals surface area contributed by atoms with E-state index >= 15 is 0 Å². The molecule has 2 aromatic carbocycles. The molecule has 0 amide bonds. The largest absolute Gasteiger partial charge is 0.478 e. The number of carboxylic acid groups (broad SMARTS) is 1. The molecule has 1 N–H and O–H groups in total. The highest BCUT2D eigenvalue weighted by Crippen LogP contribution is 2.23. The quantitative estimate of drug-likeness (QED) is 0.578. The molecule has 27 heavy (non-hydrogen) atoms. The third-order valence-corrected chi connectivity index (χ3v) is 4.35. The van der Waals surface area contributed by atoms with E-state index in [0.29, 0.717) is 6.54 Å². The van der Waals surface area contributed by atoms with Crippen molar-refractivity contribution in [1.29, 1.82) is 0 Å². The van der Waals surface area contributed by atoms with Crippen LogP contribution in [0.25, 0.3) is 22.6 Å². The van der Waals surface area contributed by atoms with Crippen molar-refractivity contribution in [3.63, 3.8) is 0 Å². The number of carbonyl (C=O) groups is 1. The highest BCUT2D eigenvalue weighted by Gasteiger charge is 2.09. The molecule has 0 aliphatic heterocycles. The zero-order valence-electron chi connectivity index (χ0n) is 14.5. The number of nitrogens with zero attached hydrogens (tertiary/aromatic N) is 3. The summed E-state index contributed by atoms with van der Waals surface area (Å²) in [7, 11) is 0. The lowest BCUT2D eigenvalue weighted by Crippen LogP contribution is -2.03. The Bertz CT molecular complexity index is 1070. The maximum Gasteiger partial charge on any atom is 0.335 e. The molecule has 0 radical (unpaired) electrons. The molecule has 5 nitrogen and oxygen atoms in total. The first-order valence-electron chi connectivity index (χ1n) is 8.56. The second kappa shape index (κ2) is 7.25. The third-order valence-electron chi connectivity index (χ3n) is 4.35. The molecule has 5 heteroatoms. The van der Waals surface area contributed by atoms with Crippen LogP contribution in [0.2, 0.25) is 0 Å². The van der Waals surface area contributed by atoms with Crippen LogP contribution in [0.5, 0.6) is 0 Å². The standard InChI is InChI=1S/C22H17N3O2/c26-22(27)19-5-3-4-16(14-19)15-25-13-12-24-21(25)18-9-7-17(8-10-18)20-6-1-2-11-23-20/h1-14H,15H2,(H,26,27). The Morgan fingerprint density at radius 2 is 1.70 bits per heavy atom. The lowest BCUT2D eigenvalue weighted by atomic mass is 10.1. The Hall–Kier alpha value is -3.73. The molecule has 0 bridgehead atoms. The zero-order valence-corrected chi connectivity index (χ0v) is 14.5. The number of imidazole rings is 1. The summed E-state index contributed by atoms with van der Waals surface area (Å²) in [5.74, 6) is -0.0869. The molecule has 0 aliphatic rings. The summed E-state index contributed by atoms with van der Waals surface area (Å²) in [5, 5.41) is 9.16. The number of hydrogen-bond donors (Lipinski definition) is 1. The normalized spacial score (nSPS) is 10.7. The highest BCUT2D eigenvalue weighted by molar-refractivity contribution is 5.87. The van der Waals surface area contributed by atoms with Crippen LogP contribution >= 0.6 is 0 Å². The molecule has 132 valence electrons. The maximum absolute atomic E-state index is 11.2. The molecular formula is C22H17N3O2. The van der Waals surface area contributed by atoms with E-state index in [1.807, 2.05) is 59.3 Å². The lowest BCUT2D eigenvalue weighted by molar-refractivity contribution is 0.0696. The fourth-order valence-corrected chi connectivity index (χ4v) is 3.02. The summed E-state index contributed by atoms with van der Waals surface area (Å²) in [4.78, 5) is 20.0. The molecule has 0 saturated carbocycles. The van der Waals surface area contributed by atoms with E-state index in [2.05, 4.69) is 9.97 Å². The van der Waals surface area contributed by atoms with Crippen LogP contribution in [0.3, 0.4) is 0 Å². The van der Waals surface area contributed by atoms with Gasteiger partial charge >= 0.3 is 5.97 Å². The summed E-state index contributed by atoms with van der Waals surface area (Å²) in [5.41, 5.74) is 4.17. The van der Waals surface area contributed by atoms with Gasteiger partial charge in [-0.15, -0.1) is 0 Å². The van der Waals surface area contributed by atoms with E-state index < -0.39 is 5.97 Å². The van der Waals surface area contributed by atoms with Gasteiger partial charge in [-0.1, -0.05) is 42.5 Å². The van der Waals surface area contributed by atoms with Gasteiger partial charge in [0.05, 0.1) is 11.3 Å². The Morgan fingerprint density at radius 3 is 2.44 bits per heavy atom. The molecule has 2 aromatic heterocycles. The van der Waals surface area contributed by atoms with E-state index in [1.165, 1.54) is 0 Å². The van der Waals surface area contributed by atoms with E-state index in [4.69, 9.17) is 5.11 Å². The highest BCUT2D eigenvalue weighted by atomic mass is 16.4. The van der Waals surface area contributed by atoms with Gasteiger partial charge in [-0.25, -0.2) is 9.78 Å². The van der Waals surface area contributed by atoms with Gasteiger partial charge in [0, 0.05) is 36.3 Å². The first-order valence-corrected chi connectivity index (χ1v) is 8.56. The zero-order chi connectivity index (χ0) is 18.6. The van der Waals surface area contributed by atoms with Crippen molar-refractivity contribution < 1.29 is 9.90 Å². The van der Waals surface area contributed by atoms with Gasteiger partial charge in [-0.05, 0) is 29.8 Å². The Labute approximate surface area is 156 Å². The molecule has 2 heterocycles. The number of carboxylic acids is 1. The number of hydrogen-bond acceptors (Lipinski definition) is 3. The predicted octanol–water partition coefficient (Wildman–Crippen LogP) is 4.36. The minimum atomic E-state index is -0.923. The molecule has 4 rings (SSSR count). The topological polar surface area (TPSA) is 68.0 Å². The molecular weight excluding hydrogens is 338 g/mol. The Kier molecular flexibility index (Phi) is 4.49. The number of rotatable bonds is 5. The van der Waals surface area contributed by atoms with Crippen molar-refractivity contribution in [2.24, 2.45) is 0 Å². The van der Waals surface area contributed by atoms with Crippen LogP contribution in [0.1, 0.15) is 15.9 Å². The third kappa shape index (κ3) is 3.62. The average Bonchev–Trinajstić information content (AvgIpc) is 3.17. The van der Waals surface area contributed by atoms with Crippen LogP contribution in [-0.2, 0) is 6.54 Å². The van der Waals surface area contributed by atoms with Gasteiger partial charge < -0.3 is 9.67 Å². The smallest absolute Gasteiger partial charge is 0.335 e. The summed E-state index contributed by atoms with van der Waals surface area (Å²) < 4.78 is 2.01. The number of pyridine rings is 1. The summed E-state index contributed by atoms with van der Waals surface area (Å²) in [6.45, 7) is 0.554. The Morgan fingerprint density at radius 1 is 0.889 bits per heavy atom. The maximum atomic E-state index is 11.2. The summed E-state index contributed by atoms with van der Waals surface area (Å²) in [6, 6.07) is 20.9. The second-order valence-corrected chi connectivity index (χ2v) is 6.18. The fourth-order valence-electron chi connectivity index (χ4n) is 3.02. The molecule has 0 atom stereocenters. The molecule has 4 aromatic rings. The molecule has 0 spiro atoms. The number of aromatic carboxylic acids is 1. The molecule has 0 fully saturated rings. The van der Waals surface area contributed by atoms with Crippen LogP contribution in [0.15, 0.2) is 85.3 Å². The monoisotopic (exact) mass is 355 g/mol. The first kappa shape index (κ1) is 16.7. The summed E-state index contributed by atoms with van der Waals surface area (Å²) >= 11 is 0. The number of benzene rings is 2. The number of aromatic nitrogens is 3. The minimum absolute atomic E-state index is 0.286. The van der Waals surface area contributed by atoms with Gasteiger partial charge in [0.2, 0.25) is 0 Å². The van der Waals surface area contributed by atoms with Gasteiger partial charge in [-0.3, -0.25) is 4.98 Å². The van der Waals surface area contributed by atoms with E-state index in [-0.39, 0.29) is 5.56 Å². The lowest BCUT2D eigenvalue weighted by Gasteiger charge is -2.09. The second-order valence-electron chi connectivity index (χ2n) is 6.18. The van der Waals surface area contributed by atoms with Crippen molar-refractivity contribution in [2.45, 2.75) is 6.54 Å². The van der Waals surface area contributed by atoms with E-state index in [9.17, 15) is 4.79 Å². The van der Waals surface area contributed by atoms with E-state index in [1.54, 1.807) is 30.6 Å². The van der Waals surface area contributed by atoms with Gasteiger partial charge in [0.25, 0.3) is 0 Å². The van der Waals surface area contributed by atoms with Crippen LogP contribution in [0, 0.1) is 0 Å². The van der Waals surface area contributed by atoms with E-state index in [0.717, 1.165) is 28.2 Å². The van der Waals surface area contributed by atoms with Crippen LogP contribution < -0.4 is 0 Å². The van der Waals surface area contributed by atoms with Crippen molar-refractivity contribution in [3.8, 4) is 22.6 Å². The minimum Gasteiger partial charge on any atom is -0.478 e. The van der Waals surface area contributed by atoms with Gasteiger partial charge in [-0.2, -0.15) is 0 Å². The van der Waals surface area contributed by atoms with Crippen LogP contribution in [0.4, 0.5) is 0 Å². The summed E-state index contributed by atoms with van der Waals surface area (Å²) in [6.07, 6.45) is 5.43. The molecule has 0 aliphatic carbocycles. The fraction of sp³-hybridized carbons (Fsp3) is 0.0455. The SMILES string of the molecule is O=C(O)c1cccc(Cn2ccnc2-c2ccc(-c3ccccn3)cc2)c1. The van der Waals surface area contributed by atoms with Crippen LogP contribution in [-0.4, -0.2) is 25.6 Å². The predicted molar refractivity (Wildman–Crippen MR) is 103 cm³/mol. The molecule has 0 saturated heterocycles. The Balaban J connectivity index is 1.60. The van der Waals surface area contributed by atoms with Crippen molar-refractivity contribution >= 4 is 5.97 Å². The molecule has 0 unspecified atom stereocenters. The van der Waals surface area contributed by atoms with Crippen molar-refractivity contribution in [1.82, 2.24) is 14.5 Å². The first-order chi connectivity index (χ1) is 13.2.